The molecule has 1 atom stereocenters. The van der Waals surface area contributed by atoms with E-state index >= 15 is 0 Å². The smallest absolute Gasteiger partial charge is 0.191 e. The summed E-state index contributed by atoms with van der Waals surface area (Å²) >= 11 is 1.78. The third-order valence-electron chi connectivity index (χ3n) is 3.76. The Bertz CT molecular complexity index is 627. The monoisotopic (exact) mass is 477 g/mol. The molecule has 0 aliphatic rings. The molecule has 0 saturated carbocycles. The molecule has 0 spiro atoms. The highest BCUT2D eigenvalue weighted by Crippen LogP contribution is 2.17. The fraction of sp³-hybridized carbons (Fsp3) is 0.529. The predicted molar refractivity (Wildman–Crippen MR) is 115 cm³/mol. The Morgan fingerprint density at radius 2 is 2.20 bits per heavy atom. The van der Waals surface area contributed by atoms with Crippen LogP contribution >= 0.6 is 35.3 Å². The van der Waals surface area contributed by atoms with E-state index in [9.17, 15) is 0 Å². The Balaban J connectivity index is 0.00000312. The van der Waals surface area contributed by atoms with Gasteiger partial charge in [-0.25, -0.2) is 4.98 Å². The number of nitrogens with zero attached hydrogens (tertiary/aromatic N) is 3. The first-order valence-corrected chi connectivity index (χ1v) is 9.03. The maximum atomic E-state index is 5.53. The summed E-state index contributed by atoms with van der Waals surface area (Å²) in [6.07, 6.45) is 5.63. The van der Waals surface area contributed by atoms with E-state index < -0.39 is 0 Å². The van der Waals surface area contributed by atoms with Gasteiger partial charge in [0.15, 0.2) is 5.96 Å². The SMILES string of the molecule is CCc1cnc(CCNC(=NC)NCC(c2ccco2)N(C)C)s1.I. The van der Waals surface area contributed by atoms with Crippen molar-refractivity contribution in [2.75, 3.05) is 34.2 Å². The normalized spacial score (nSPS) is 12.8. The molecule has 0 fully saturated rings. The van der Waals surface area contributed by atoms with Crippen LogP contribution < -0.4 is 10.6 Å². The van der Waals surface area contributed by atoms with Gasteiger partial charge in [-0.3, -0.25) is 9.89 Å². The molecule has 0 radical (unpaired) electrons. The number of guanidine groups is 1. The highest BCUT2D eigenvalue weighted by Gasteiger charge is 2.17. The van der Waals surface area contributed by atoms with E-state index in [1.807, 2.05) is 32.4 Å². The molecule has 25 heavy (non-hydrogen) atoms. The Morgan fingerprint density at radius 3 is 2.76 bits per heavy atom. The Kier molecular flexibility index (Phi) is 10.1. The zero-order chi connectivity index (χ0) is 17.4. The van der Waals surface area contributed by atoms with Crippen molar-refractivity contribution in [2.45, 2.75) is 25.8 Å². The molecule has 6 nitrogen and oxygen atoms in total. The van der Waals surface area contributed by atoms with Gasteiger partial charge in [-0.05, 0) is 32.6 Å². The van der Waals surface area contributed by atoms with Gasteiger partial charge in [-0.2, -0.15) is 0 Å². The van der Waals surface area contributed by atoms with Gasteiger partial charge in [0.2, 0.25) is 0 Å². The van der Waals surface area contributed by atoms with Crippen molar-refractivity contribution in [3.63, 3.8) is 0 Å². The van der Waals surface area contributed by atoms with E-state index in [2.05, 4.69) is 32.4 Å². The Morgan fingerprint density at radius 1 is 1.40 bits per heavy atom. The second-order valence-corrected chi connectivity index (χ2v) is 6.90. The van der Waals surface area contributed by atoms with Crippen molar-refractivity contribution in [1.29, 1.82) is 0 Å². The minimum absolute atomic E-state index is 0. The van der Waals surface area contributed by atoms with Gasteiger partial charge in [-0.15, -0.1) is 35.3 Å². The van der Waals surface area contributed by atoms with E-state index in [1.165, 1.54) is 4.88 Å². The minimum atomic E-state index is 0. The summed E-state index contributed by atoms with van der Waals surface area (Å²) < 4.78 is 5.53. The van der Waals surface area contributed by atoms with Crippen molar-refractivity contribution in [3.8, 4) is 0 Å². The number of aryl methyl sites for hydroxylation is 1. The van der Waals surface area contributed by atoms with E-state index in [0.717, 1.165) is 42.7 Å². The molecule has 8 heteroatoms. The average Bonchev–Trinajstić information content (AvgIpc) is 3.24. The quantitative estimate of drug-likeness (QED) is 0.348. The molecule has 0 aliphatic heterocycles. The molecule has 140 valence electrons. The van der Waals surface area contributed by atoms with E-state index in [1.54, 1.807) is 24.6 Å². The van der Waals surface area contributed by atoms with Crippen LogP contribution in [0.15, 0.2) is 34.0 Å². The van der Waals surface area contributed by atoms with Crippen LogP contribution in [0.25, 0.3) is 0 Å². The van der Waals surface area contributed by atoms with E-state index in [-0.39, 0.29) is 30.0 Å². The van der Waals surface area contributed by atoms with Crippen molar-refractivity contribution in [2.24, 2.45) is 4.99 Å². The van der Waals surface area contributed by atoms with Crippen LogP contribution in [0, 0.1) is 0 Å². The number of hydrogen-bond donors (Lipinski definition) is 2. The zero-order valence-corrected chi connectivity index (χ0v) is 18.4. The number of rotatable bonds is 8. The lowest BCUT2D eigenvalue weighted by atomic mass is 10.2. The molecule has 0 aliphatic carbocycles. The number of halogens is 1. The lowest BCUT2D eigenvalue weighted by Gasteiger charge is -2.23. The molecule has 1 unspecified atom stereocenters. The number of thiazole rings is 1. The molecule has 0 amide bonds. The third-order valence-corrected chi connectivity index (χ3v) is 4.96. The van der Waals surface area contributed by atoms with Gasteiger partial charge in [0.05, 0.1) is 17.3 Å². The lowest BCUT2D eigenvalue weighted by molar-refractivity contribution is 0.258. The number of hydrogen-bond acceptors (Lipinski definition) is 5. The second-order valence-electron chi connectivity index (χ2n) is 5.70. The molecule has 2 aromatic heterocycles. The van der Waals surface area contributed by atoms with Crippen molar-refractivity contribution in [3.05, 3.63) is 40.2 Å². The highest BCUT2D eigenvalue weighted by atomic mass is 127. The van der Waals surface area contributed by atoms with Gasteiger partial charge in [0.25, 0.3) is 0 Å². The van der Waals surface area contributed by atoms with Crippen LogP contribution in [0.5, 0.6) is 0 Å². The average molecular weight is 477 g/mol. The first kappa shape index (κ1) is 21.9. The summed E-state index contributed by atoms with van der Waals surface area (Å²) in [5, 5.41) is 7.87. The Hall–Kier alpha value is -1.13. The first-order chi connectivity index (χ1) is 11.6. The fourth-order valence-electron chi connectivity index (χ4n) is 2.35. The minimum Gasteiger partial charge on any atom is -0.468 e. The summed E-state index contributed by atoms with van der Waals surface area (Å²) in [5.74, 6) is 1.73. The molecule has 2 aromatic rings. The molecule has 0 bridgehead atoms. The summed E-state index contributed by atoms with van der Waals surface area (Å²) in [4.78, 5) is 12.2. The number of aromatic nitrogens is 1. The third kappa shape index (κ3) is 6.95. The maximum Gasteiger partial charge on any atom is 0.191 e. The van der Waals surface area contributed by atoms with E-state index in [4.69, 9.17) is 4.42 Å². The van der Waals surface area contributed by atoms with Gasteiger partial charge in [-0.1, -0.05) is 6.92 Å². The number of furan rings is 1. The van der Waals surface area contributed by atoms with Gasteiger partial charge < -0.3 is 15.1 Å². The number of aliphatic imine (C=N–C) groups is 1. The van der Waals surface area contributed by atoms with Crippen LogP contribution in [-0.4, -0.2) is 50.1 Å². The lowest BCUT2D eigenvalue weighted by Crippen LogP contribution is -2.42. The first-order valence-electron chi connectivity index (χ1n) is 8.22. The van der Waals surface area contributed by atoms with E-state index in [0.29, 0.717) is 0 Å². The maximum absolute atomic E-state index is 5.53. The zero-order valence-electron chi connectivity index (χ0n) is 15.3. The van der Waals surface area contributed by atoms with Gasteiger partial charge in [0, 0.05) is 37.6 Å². The largest absolute Gasteiger partial charge is 0.468 e. The van der Waals surface area contributed by atoms with Gasteiger partial charge in [0.1, 0.15) is 5.76 Å². The van der Waals surface area contributed by atoms with Crippen LogP contribution in [0.3, 0.4) is 0 Å². The van der Waals surface area contributed by atoms with Crippen LogP contribution in [0.4, 0.5) is 0 Å². The summed E-state index contributed by atoms with van der Waals surface area (Å²) in [6.45, 7) is 3.68. The summed E-state index contributed by atoms with van der Waals surface area (Å²) in [6, 6.07) is 4.07. The summed E-state index contributed by atoms with van der Waals surface area (Å²) in [5.41, 5.74) is 0. The molecular formula is C17H28IN5OS. The molecule has 2 heterocycles. The molecule has 0 aromatic carbocycles. The standard InChI is InChI=1S/C17H27N5OS.HI/c1-5-13-11-20-16(24-13)8-9-19-17(18-2)21-12-14(22(3)4)15-7-6-10-23-15;/h6-7,10-11,14H,5,8-9,12H2,1-4H3,(H2,18,19,21);1H. The Labute approximate surface area is 171 Å². The van der Waals surface area contributed by atoms with Crippen LogP contribution in [0.2, 0.25) is 0 Å². The van der Waals surface area contributed by atoms with Crippen molar-refractivity contribution in [1.82, 2.24) is 20.5 Å². The fourth-order valence-corrected chi connectivity index (χ4v) is 3.21. The predicted octanol–water partition coefficient (Wildman–Crippen LogP) is 2.93. The van der Waals surface area contributed by atoms with Crippen molar-refractivity contribution >= 4 is 41.3 Å². The molecule has 2 rings (SSSR count). The molecular weight excluding hydrogens is 449 g/mol. The van der Waals surface area contributed by atoms with Crippen LogP contribution in [-0.2, 0) is 12.8 Å². The molecule has 0 saturated heterocycles. The summed E-state index contributed by atoms with van der Waals surface area (Å²) in [7, 11) is 5.86. The highest BCUT2D eigenvalue weighted by molar-refractivity contribution is 14.0. The molecule has 2 N–H and O–H groups in total. The number of likely N-dealkylation sites (N-methyl/N-ethyl adjacent to an activating group) is 1. The second kappa shape index (κ2) is 11.5. The topological polar surface area (TPSA) is 65.7 Å². The van der Waals surface area contributed by atoms with Gasteiger partial charge >= 0.3 is 0 Å². The van der Waals surface area contributed by atoms with Crippen molar-refractivity contribution < 1.29 is 4.42 Å². The van der Waals surface area contributed by atoms with Crippen LogP contribution in [0.1, 0.15) is 28.6 Å². The number of nitrogens with one attached hydrogen (secondary N) is 2.